The van der Waals surface area contributed by atoms with Crippen molar-refractivity contribution in [3.05, 3.63) is 24.3 Å². The molecule has 3 fully saturated rings. The Morgan fingerprint density at radius 3 is 2.68 bits per heavy atom. The number of hydrogen-bond donors (Lipinski definition) is 1. The Kier molecular flexibility index (Phi) is 7.07. The summed E-state index contributed by atoms with van der Waals surface area (Å²) in [6, 6.07) is -0.379. The van der Waals surface area contributed by atoms with E-state index in [0.717, 1.165) is 38.5 Å². The molecule has 5 aliphatic rings. The Bertz CT molecular complexity index is 869. The third-order valence-corrected chi connectivity index (χ3v) is 9.97. The smallest absolute Gasteiger partial charge is 0.311 e. The van der Waals surface area contributed by atoms with Gasteiger partial charge in [-0.05, 0) is 38.5 Å². The van der Waals surface area contributed by atoms with Crippen molar-refractivity contribution in [3.63, 3.8) is 0 Å². The van der Waals surface area contributed by atoms with E-state index in [1.165, 1.54) is 6.42 Å². The van der Waals surface area contributed by atoms with Gasteiger partial charge in [-0.2, -0.15) is 0 Å². The quantitative estimate of drug-likeness (QED) is 0.351. The van der Waals surface area contributed by atoms with E-state index < -0.39 is 22.6 Å². The van der Waals surface area contributed by atoms with Crippen LogP contribution in [0.2, 0.25) is 0 Å². The Labute approximate surface area is 205 Å². The Morgan fingerprint density at radius 1 is 1.06 bits per heavy atom. The lowest BCUT2D eigenvalue weighted by Crippen LogP contribution is -2.55. The number of rotatable bonds is 6. The highest BCUT2D eigenvalue weighted by Crippen LogP contribution is 2.61. The van der Waals surface area contributed by atoms with Crippen molar-refractivity contribution in [2.45, 2.75) is 79.9 Å². The first-order chi connectivity index (χ1) is 16.6. The van der Waals surface area contributed by atoms with Gasteiger partial charge in [-0.1, -0.05) is 43.6 Å². The molecule has 2 saturated heterocycles. The van der Waals surface area contributed by atoms with Crippen LogP contribution < -0.4 is 0 Å². The zero-order valence-electron chi connectivity index (χ0n) is 19.8. The summed E-state index contributed by atoms with van der Waals surface area (Å²) in [6.07, 6.45) is 16.7. The molecule has 0 radical (unpaired) electrons. The number of cyclic esters (lactones) is 1. The molecule has 5 atom stereocenters. The van der Waals surface area contributed by atoms with Gasteiger partial charge < -0.3 is 19.6 Å². The molecule has 4 heterocycles. The first-order valence-electron chi connectivity index (χ1n) is 13.0. The summed E-state index contributed by atoms with van der Waals surface area (Å²) in [5, 5.41) is 9.02. The van der Waals surface area contributed by atoms with E-state index in [9.17, 15) is 19.5 Å². The maximum atomic E-state index is 14.2. The average Bonchev–Trinajstić information content (AvgIpc) is 3.21. The lowest BCUT2D eigenvalue weighted by molar-refractivity contribution is -0.153. The number of likely N-dealkylation sites (tertiary alicyclic amines) is 1. The fourth-order valence-corrected chi connectivity index (χ4v) is 8.66. The average molecular weight is 489 g/mol. The van der Waals surface area contributed by atoms with Gasteiger partial charge in [0.15, 0.2) is 0 Å². The second-order valence-electron chi connectivity index (χ2n) is 10.2. The Balaban J connectivity index is 1.52. The molecular weight excluding hydrogens is 452 g/mol. The minimum absolute atomic E-state index is 0.0361. The van der Waals surface area contributed by atoms with Crippen molar-refractivity contribution in [2.24, 2.45) is 11.8 Å². The number of aliphatic hydroxyl groups is 1. The number of carbonyl (C=O) groups excluding carboxylic acids is 3. The summed E-state index contributed by atoms with van der Waals surface area (Å²) >= 11 is 1.62. The highest BCUT2D eigenvalue weighted by molar-refractivity contribution is 8.02. The second-order valence-corrected chi connectivity index (χ2v) is 11.7. The van der Waals surface area contributed by atoms with Crippen molar-refractivity contribution in [2.75, 3.05) is 26.3 Å². The number of esters is 1. The SMILES string of the molecule is O=C1OCCC=C[C@H]2S[C@]34C=CCN(C5CCCCC5)C(=O)C3N(CCCCCO)C(=O)[C@@H]4[C@@H]12. The molecule has 5 rings (SSSR count). The number of amides is 2. The summed E-state index contributed by atoms with van der Waals surface area (Å²) in [4.78, 5) is 45.1. The first-order valence-corrected chi connectivity index (χ1v) is 13.9. The van der Waals surface area contributed by atoms with Crippen LogP contribution in [0.1, 0.15) is 57.8 Å². The van der Waals surface area contributed by atoms with Crippen LogP contribution in [-0.2, 0) is 19.1 Å². The van der Waals surface area contributed by atoms with Gasteiger partial charge >= 0.3 is 5.97 Å². The highest BCUT2D eigenvalue weighted by atomic mass is 32.2. The minimum Gasteiger partial charge on any atom is -0.465 e. The predicted octanol–water partition coefficient (Wildman–Crippen LogP) is 2.68. The van der Waals surface area contributed by atoms with Gasteiger partial charge in [0.25, 0.3) is 0 Å². The number of thioether (sulfide) groups is 1. The number of carbonyl (C=O) groups is 3. The van der Waals surface area contributed by atoms with E-state index >= 15 is 0 Å². The molecule has 4 aliphatic heterocycles. The van der Waals surface area contributed by atoms with E-state index in [1.54, 1.807) is 16.7 Å². The molecule has 34 heavy (non-hydrogen) atoms. The van der Waals surface area contributed by atoms with E-state index in [-0.39, 0.29) is 35.7 Å². The molecule has 0 aromatic carbocycles. The Hall–Kier alpha value is -1.80. The van der Waals surface area contributed by atoms with Crippen LogP contribution in [0.15, 0.2) is 24.3 Å². The molecule has 8 heteroatoms. The molecular formula is C26H36N2O5S. The van der Waals surface area contributed by atoms with Gasteiger partial charge in [-0.3, -0.25) is 14.4 Å². The standard InChI is InChI=1S/C26H36N2O5S/c29-16-7-2-6-14-28-22-24(31)27(18-10-3-1-4-11-18)15-9-13-26(22)21(23(28)30)20-19(34-26)12-5-8-17-33-25(20)32/h5,9,12-13,18-22,29H,1-4,6-8,10-11,14-17H2/t19-,20+,21+,22?,26+/m1/s1. The second kappa shape index (κ2) is 10.1. The first kappa shape index (κ1) is 23.9. The highest BCUT2D eigenvalue weighted by Gasteiger charge is 2.71. The molecule has 1 N–H and O–H groups in total. The molecule has 1 saturated carbocycles. The van der Waals surface area contributed by atoms with Gasteiger partial charge in [0, 0.05) is 31.0 Å². The van der Waals surface area contributed by atoms with E-state index in [4.69, 9.17) is 4.74 Å². The number of hydrogen-bond acceptors (Lipinski definition) is 6. The zero-order chi connectivity index (χ0) is 23.7. The van der Waals surface area contributed by atoms with Crippen molar-refractivity contribution in [3.8, 4) is 0 Å². The van der Waals surface area contributed by atoms with Crippen molar-refractivity contribution >= 4 is 29.5 Å². The summed E-state index contributed by atoms with van der Waals surface area (Å²) in [5.41, 5.74) is 0. The van der Waals surface area contributed by atoms with Gasteiger partial charge in [0.1, 0.15) is 6.04 Å². The number of unbranched alkanes of at least 4 members (excludes halogenated alkanes) is 2. The van der Waals surface area contributed by atoms with Gasteiger partial charge in [0.05, 0.1) is 23.2 Å². The van der Waals surface area contributed by atoms with Crippen LogP contribution in [0.3, 0.4) is 0 Å². The predicted molar refractivity (Wildman–Crippen MR) is 130 cm³/mol. The van der Waals surface area contributed by atoms with Gasteiger partial charge in [-0.25, -0.2) is 0 Å². The summed E-state index contributed by atoms with van der Waals surface area (Å²) < 4.78 is 4.78. The molecule has 2 amide bonds. The molecule has 7 nitrogen and oxygen atoms in total. The van der Waals surface area contributed by atoms with Crippen LogP contribution in [0, 0.1) is 11.8 Å². The van der Waals surface area contributed by atoms with Gasteiger partial charge in [-0.15, -0.1) is 11.8 Å². The molecule has 0 aromatic heterocycles. The molecule has 0 aromatic rings. The molecule has 1 unspecified atom stereocenters. The summed E-state index contributed by atoms with van der Waals surface area (Å²) in [7, 11) is 0. The zero-order valence-corrected chi connectivity index (χ0v) is 20.6. The fraction of sp³-hybridized carbons (Fsp3) is 0.731. The lowest BCUT2D eigenvalue weighted by Gasteiger charge is -2.39. The van der Waals surface area contributed by atoms with Crippen molar-refractivity contribution in [1.82, 2.24) is 9.80 Å². The molecule has 1 spiro atoms. The van der Waals surface area contributed by atoms with Crippen LogP contribution in [-0.4, -0.2) is 81.1 Å². The molecule has 186 valence electrons. The lowest BCUT2D eigenvalue weighted by atomic mass is 9.78. The normalized spacial score (nSPS) is 36.0. The van der Waals surface area contributed by atoms with Crippen LogP contribution in [0.5, 0.6) is 0 Å². The minimum atomic E-state index is -0.752. The van der Waals surface area contributed by atoms with E-state index in [0.29, 0.717) is 32.5 Å². The number of nitrogens with zero attached hydrogens (tertiary/aromatic N) is 2. The third kappa shape index (κ3) is 4.00. The van der Waals surface area contributed by atoms with Crippen molar-refractivity contribution in [1.29, 1.82) is 0 Å². The monoisotopic (exact) mass is 488 g/mol. The van der Waals surface area contributed by atoms with Crippen LogP contribution in [0.25, 0.3) is 0 Å². The Morgan fingerprint density at radius 2 is 1.88 bits per heavy atom. The number of aliphatic hydroxyl groups excluding tert-OH is 1. The largest absolute Gasteiger partial charge is 0.465 e. The summed E-state index contributed by atoms with van der Waals surface area (Å²) in [5.74, 6) is -1.53. The molecule has 0 bridgehead atoms. The van der Waals surface area contributed by atoms with E-state index in [1.807, 2.05) is 11.0 Å². The maximum Gasteiger partial charge on any atom is 0.311 e. The van der Waals surface area contributed by atoms with Crippen LogP contribution >= 0.6 is 11.8 Å². The molecule has 1 aliphatic carbocycles. The van der Waals surface area contributed by atoms with Crippen LogP contribution in [0.4, 0.5) is 0 Å². The third-order valence-electron chi connectivity index (χ3n) is 8.22. The number of fused-ring (bicyclic) bond motifs is 2. The van der Waals surface area contributed by atoms with E-state index in [2.05, 4.69) is 18.2 Å². The summed E-state index contributed by atoms with van der Waals surface area (Å²) in [6.45, 7) is 1.49. The topological polar surface area (TPSA) is 87.2 Å². The van der Waals surface area contributed by atoms with Gasteiger partial charge in [0.2, 0.25) is 11.8 Å². The number of ether oxygens (including phenoxy) is 1. The van der Waals surface area contributed by atoms with Crippen molar-refractivity contribution < 1.29 is 24.2 Å². The maximum absolute atomic E-state index is 14.2. The fourth-order valence-electron chi connectivity index (χ4n) is 6.66.